The predicted octanol–water partition coefficient (Wildman–Crippen LogP) is 3.30. The van der Waals surface area contributed by atoms with E-state index in [2.05, 4.69) is 26.1 Å². The fourth-order valence-corrected chi connectivity index (χ4v) is 4.51. The van der Waals surface area contributed by atoms with Gasteiger partial charge in [-0.3, -0.25) is 4.90 Å². The molecule has 1 aromatic carbocycles. The largest absolute Gasteiger partial charge is 0.504 e. The van der Waals surface area contributed by atoms with Crippen LogP contribution >= 0.6 is 15.9 Å². The van der Waals surface area contributed by atoms with Gasteiger partial charge in [-0.2, -0.15) is 0 Å². The summed E-state index contributed by atoms with van der Waals surface area (Å²) in [4.78, 5) is 2.53. The van der Waals surface area contributed by atoms with Crippen LogP contribution < -0.4 is 10.1 Å². The molecular formula is C17H25BrN2O2. The van der Waals surface area contributed by atoms with Gasteiger partial charge in [0, 0.05) is 42.3 Å². The molecule has 22 heavy (non-hydrogen) atoms. The van der Waals surface area contributed by atoms with E-state index >= 15 is 0 Å². The average molecular weight is 369 g/mol. The number of halogens is 1. The second-order valence-corrected chi connectivity index (χ2v) is 7.14. The van der Waals surface area contributed by atoms with Crippen molar-refractivity contribution in [2.24, 2.45) is 5.92 Å². The molecule has 1 heterocycles. The van der Waals surface area contributed by atoms with Crippen molar-refractivity contribution >= 4 is 15.9 Å². The van der Waals surface area contributed by atoms with Gasteiger partial charge < -0.3 is 15.2 Å². The van der Waals surface area contributed by atoms with Crippen molar-refractivity contribution in [3.8, 4) is 11.5 Å². The van der Waals surface area contributed by atoms with Crippen LogP contribution in [0.3, 0.4) is 0 Å². The SMILES string of the molecule is COc1ccc(Br)c([C@H](C2CCCC2)N2CCNCC2)c1O. The highest BCUT2D eigenvalue weighted by atomic mass is 79.9. The maximum absolute atomic E-state index is 10.7. The van der Waals surface area contributed by atoms with Crippen molar-refractivity contribution in [3.63, 3.8) is 0 Å². The zero-order valence-corrected chi connectivity index (χ0v) is 14.7. The molecule has 2 fully saturated rings. The Balaban J connectivity index is 2.01. The summed E-state index contributed by atoms with van der Waals surface area (Å²) in [7, 11) is 1.61. The van der Waals surface area contributed by atoms with E-state index in [1.807, 2.05) is 12.1 Å². The second-order valence-electron chi connectivity index (χ2n) is 6.29. The summed E-state index contributed by atoms with van der Waals surface area (Å²) in [5.41, 5.74) is 1.01. The number of phenols is 1. The number of nitrogens with zero attached hydrogens (tertiary/aromatic N) is 1. The first-order valence-corrected chi connectivity index (χ1v) is 9.01. The molecule has 1 saturated carbocycles. The summed E-state index contributed by atoms with van der Waals surface area (Å²) in [6.45, 7) is 4.10. The number of piperazine rings is 1. The number of hydrogen-bond acceptors (Lipinski definition) is 4. The minimum Gasteiger partial charge on any atom is -0.504 e. The molecule has 2 N–H and O–H groups in total. The van der Waals surface area contributed by atoms with Crippen molar-refractivity contribution < 1.29 is 9.84 Å². The van der Waals surface area contributed by atoms with Crippen molar-refractivity contribution in [2.45, 2.75) is 31.7 Å². The smallest absolute Gasteiger partial charge is 0.163 e. The van der Waals surface area contributed by atoms with Gasteiger partial charge in [0.15, 0.2) is 11.5 Å². The highest BCUT2D eigenvalue weighted by Crippen LogP contribution is 2.47. The van der Waals surface area contributed by atoms with Gasteiger partial charge in [-0.1, -0.05) is 28.8 Å². The molecule has 1 saturated heterocycles. The van der Waals surface area contributed by atoms with Gasteiger partial charge in [-0.15, -0.1) is 0 Å². The summed E-state index contributed by atoms with van der Waals surface area (Å²) in [6.07, 6.45) is 5.10. The molecule has 122 valence electrons. The number of benzene rings is 1. The number of ether oxygens (including phenoxy) is 1. The topological polar surface area (TPSA) is 44.7 Å². The lowest BCUT2D eigenvalue weighted by atomic mass is 9.89. The Hall–Kier alpha value is -0.780. The molecule has 0 unspecified atom stereocenters. The molecule has 0 spiro atoms. The molecule has 1 atom stereocenters. The average Bonchev–Trinajstić information content (AvgIpc) is 3.06. The Morgan fingerprint density at radius 3 is 2.59 bits per heavy atom. The lowest BCUT2D eigenvalue weighted by Crippen LogP contribution is -2.46. The van der Waals surface area contributed by atoms with Gasteiger partial charge in [0.2, 0.25) is 0 Å². The van der Waals surface area contributed by atoms with Crippen molar-refractivity contribution in [3.05, 3.63) is 22.2 Å². The van der Waals surface area contributed by atoms with Gasteiger partial charge in [0.05, 0.1) is 7.11 Å². The Bertz CT molecular complexity index is 512. The maximum Gasteiger partial charge on any atom is 0.163 e. The van der Waals surface area contributed by atoms with Crippen LogP contribution in [0.2, 0.25) is 0 Å². The second kappa shape index (κ2) is 7.20. The summed E-state index contributed by atoms with van der Waals surface area (Å²) >= 11 is 3.67. The minimum absolute atomic E-state index is 0.272. The van der Waals surface area contributed by atoms with E-state index in [9.17, 15) is 5.11 Å². The molecule has 1 aromatic rings. The maximum atomic E-state index is 10.7. The fraction of sp³-hybridized carbons (Fsp3) is 0.647. The van der Waals surface area contributed by atoms with E-state index in [0.717, 1.165) is 36.2 Å². The molecule has 2 aliphatic rings. The normalized spacial score (nSPS) is 21.9. The summed E-state index contributed by atoms with van der Waals surface area (Å²) < 4.78 is 6.33. The molecule has 0 amide bonds. The van der Waals surface area contributed by atoms with Gasteiger partial charge in [-0.05, 0) is 30.9 Å². The zero-order chi connectivity index (χ0) is 15.5. The third kappa shape index (κ3) is 3.12. The Labute approximate surface area is 141 Å². The third-order valence-electron chi connectivity index (χ3n) is 5.03. The third-order valence-corrected chi connectivity index (χ3v) is 5.73. The van der Waals surface area contributed by atoms with Gasteiger partial charge >= 0.3 is 0 Å². The minimum atomic E-state index is 0.272. The van der Waals surface area contributed by atoms with Gasteiger partial charge in [0.1, 0.15) is 0 Å². The van der Waals surface area contributed by atoms with E-state index in [1.54, 1.807) is 7.11 Å². The summed E-state index contributed by atoms with van der Waals surface area (Å²) in [5, 5.41) is 14.2. The van der Waals surface area contributed by atoms with E-state index < -0.39 is 0 Å². The Morgan fingerprint density at radius 1 is 1.27 bits per heavy atom. The van der Waals surface area contributed by atoms with Crippen LogP contribution in [-0.4, -0.2) is 43.3 Å². The van der Waals surface area contributed by atoms with E-state index in [4.69, 9.17) is 4.74 Å². The molecule has 5 heteroatoms. The summed E-state index contributed by atoms with van der Waals surface area (Å²) in [5.74, 6) is 1.48. The predicted molar refractivity (Wildman–Crippen MR) is 91.5 cm³/mol. The number of rotatable bonds is 4. The number of phenolic OH excluding ortho intramolecular Hbond substituents is 1. The van der Waals surface area contributed by atoms with Crippen LogP contribution in [0.25, 0.3) is 0 Å². The molecule has 4 nitrogen and oxygen atoms in total. The number of methoxy groups -OCH3 is 1. The molecular weight excluding hydrogens is 344 g/mol. The number of hydrogen-bond donors (Lipinski definition) is 2. The molecule has 1 aliphatic carbocycles. The standard InChI is InChI=1S/C17H25BrN2O2/c1-22-14-7-6-13(18)15(17(14)21)16(12-4-2-3-5-12)20-10-8-19-9-11-20/h6-7,12,16,19,21H,2-5,8-11H2,1H3/t16-/m0/s1. The first kappa shape index (κ1) is 16.1. The van der Waals surface area contributed by atoms with Crippen LogP contribution in [0.1, 0.15) is 37.3 Å². The Kier molecular flexibility index (Phi) is 5.26. The Morgan fingerprint density at radius 2 is 1.95 bits per heavy atom. The van der Waals surface area contributed by atoms with Crippen LogP contribution in [-0.2, 0) is 0 Å². The van der Waals surface area contributed by atoms with Crippen LogP contribution in [0.4, 0.5) is 0 Å². The van der Waals surface area contributed by atoms with Crippen LogP contribution in [0, 0.1) is 5.92 Å². The molecule has 1 aliphatic heterocycles. The lowest BCUT2D eigenvalue weighted by Gasteiger charge is -2.39. The van der Waals surface area contributed by atoms with E-state index in [-0.39, 0.29) is 6.04 Å². The first-order valence-electron chi connectivity index (χ1n) is 8.22. The molecule has 3 rings (SSSR count). The lowest BCUT2D eigenvalue weighted by molar-refractivity contribution is 0.122. The summed E-state index contributed by atoms with van der Waals surface area (Å²) in [6, 6.07) is 4.10. The molecule has 0 aromatic heterocycles. The molecule has 0 bridgehead atoms. The highest BCUT2D eigenvalue weighted by molar-refractivity contribution is 9.10. The van der Waals surface area contributed by atoms with Crippen LogP contribution in [0.5, 0.6) is 11.5 Å². The number of aromatic hydroxyl groups is 1. The van der Waals surface area contributed by atoms with E-state index in [1.165, 1.54) is 25.7 Å². The van der Waals surface area contributed by atoms with Crippen LogP contribution in [0.15, 0.2) is 16.6 Å². The van der Waals surface area contributed by atoms with Crippen molar-refractivity contribution in [1.82, 2.24) is 10.2 Å². The van der Waals surface area contributed by atoms with Crippen molar-refractivity contribution in [1.29, 1.82) is 0 Å². The zero-order valence-electron chi connectivity index (χ0n) is 13.1. The number of nitrogens with one attached hydrogen (secondary N) is 1. The van der Waals surface area contributed by atoms with Gasteiger partial charge in [0.25, 0.3) is 0 Å². The van der Waals surface area contributed by atoms with Crippen molar-refractivity contribution in [2.75, 3.05) is 33.3 Å². The fourth-order valence-electron chi connectivity index (χ4n) is 3.96. The molecule has 0 radical (unpaired) electrons. The first-order chi connectivity index (χ1) is 10.7. The highest BCUT2D eigenvalue weighted by Gasteiger charge is 2.35. The van der Waals surface area contributed by atoms with Gasteiger partial charge in [-0.25, -0.2) is 0 Å². The monoisotopic (exact) mass is 368 g/mol. The van der Waals surface area contributed by atoms with E-state index in [0.29, 0.717) is 17.4 Å². The quantitative estimate of drug-likeness (QED) is 0.855.